The van der Waals surface area contributed by atoms with Gasteiger partial charge in [-0.3, -0.25) is 0 Å². The minimum absolute atomic E-state index is 0.301. The molecule has 0 saturated carbocycles. The van der Waals surface area contributed by atoms with E-state index in [1.165, 1.54) is 12.8 Å². The van der Waals surface area contributed by atoms with Crippen LogP contribution in [-0.2, 0) is 4.74 Å². The van der Waals surface area contributed by atoms with Crippen molar-refractivity contribution >= 4 is 5.69 Å². The van der Waals surface area contributed by atoms with Crippen molar-refractivity contribution in [1.29, 1.82) is 5.26 Å². The summed E-state index contributed by atoms with van der Waals surface area (Å²) in [5, 5.41) is 9.19. The monoisotopic (exact) mass is 244 g/mol. The molecule has 1 fully saturated rings. The Morgan fingerprint density at radius 3 is 2.94 bits per heavy atom. The minimum atomic E-state index is 0.301. The lowest BCUT2D eigenvalue weighted by atomic mass is 10.1. The Balaban J connectivity index is 2.13. The predicted octanol–water partition coefficient (Wildman–Crippen LogP) is 2.87. The summed E-state index contributed by atoms with van der Waals surface area (Å²) in [6.07, 6.45) is 3.85. The van der Waals surface area contributed by atoms with Crippen LogP contribution in [0.4, 0.5) is 5.69 Å². The van der Waals surface area contributed by atoms with Gasteiger partial charge in [-0.25, -0.2) is 0 Å². The third-order valence-corrected chi connectivity index (χ3v) is 3.49. The van der Waals surface area contributed by atoms with Gasteiger partial charge in [-0.1, -0.05) is 12.1 Å². The van der Waals surface area contributed by atoms with Crippen LogP contribution in [0.5, 0.6) is 0 Å². The first-order chi connectivity index (χ1) is 8.72. The van der Waals surface area contributed by atoms with Gasteiger partial charge in [-0.15, -0.1) is 0 Å². The van der Waals surface area contributed by atoms with Crippen LogP contribution in [0.3, 0.4) is 0 Å². The molecule has 0 amide bonds. The van der Waals surface area contributed by atoms with Crippen LogP contribution in [0.1, 0.15) is 30.4 Å². The highest BCUT2D eigenvalue weighted by Crippen LogP contribution is 2.25. The lowest BCUT2D eigenvalue weighted by Gasteiger charge is -2.30. The minimum Gasteiger partial charge on any atom is -0.376 e. The van der Waals surface area contributed by atoms with Crippen molar-refractivity contribution in [1.82, 2.24) is 0 Å². The van der Waals surface area contributed by atoms with E-state index >= 15 is 0 Å². The Bertz CT molecular complexity index is 444. The van der Waals surface area contributed by atoms with E-state index in [2.05, 4.69) is 24.0 Å². The number of likely N-dealkylation sites (N-methyl/N-ethyl adjacent to an activating group) is 1. The van der Waals surface area contributed by atoms with Gasteiger partial charge in [-0.2, -0.15) is 5.26 Å². The normalized spacial score (nSPS) is 19.3. The number of hydrogen-bond acceptors (Lipinski definition) is 3. The summed E-state index contributed by atoms with van der Waals surface area (Å²) in [5.41, 5.74) is 2.93. The number of para-hydroxylation sites is 1. The fraction of sp³-hybridized carbons (Fsp3) is 0.533. The largest absolute Gasteiger partial charge is 0.376 e. The predicted molar refractivity (Wildman–Crippen MR) is 72.8 cm³/mol. The molecule has 2 rings (SSSR count). The smallest absolute Gasteiger partial charge is 0.101 e. The first-order valence-electron chi connectivity index (χ1n) is 6.55. The first kappa shape index (κ1) is 12.9. The van der Waals surface area contributed by atoms with E-state index in [1.54, 1.807) is 0 Å². The highest BCUT2D eigenvalue weighted by Gasteiger charge is 2.18. The molecule has 3 nitrogen and oxygen atoms in total. The lowest BCUT2D eigenvalue weighted by molar-refractivity contribution is 0.0216. The number of anilines is 1. The van der Waals surface area contributed by atoms with Crippen molar-refractivity contribution in [3.8, 4) is 6.07 Å². The lowest BCUT2D eigenvalue weighted by Crippen LogP contribution is -2.34. The molecule has 0 radical (unpaired) electrons. The van der Waals surface area contributed by atoms with Crippen LogP contribution < -0.4 is 4.90 Å². The molecule has 0 aromatic heterocycles. The van der Waals surface area contributed by atoms with Crippen LogP contribution in [0, 0.1) is 18.3 Å². The number of benzene rings is 1. The average molecular weight is 244 g/mol. The first-order valence-corrected chi connectivity index (χ1v) is 6.55. The van der Waals surface area contributed by atoms with Crippen LogP contribution in [-0.4, -0.2) is 26.3 Å². The summed E-state index contributed by atoms with van der Waals surface area (Å²) in [7, 11) is 2.04. The molecule has 1 atom stereocenters. The van der Waals surface area contributed by atoms with Gasteiger partial charge < -0.3 is 9.64 Å². The second-order valence-electron chi connectivity index (χ2n) is 4.95. The molecule has 1 aromatic carbocycles. The second-order valence-corrected chi connectivity index (χ2v) is 4.95. The maximum atomic E-state index is 9.19. The van der Waals surface area contributed by atoms with Gasteiger partial charge in [0.1, 0.15) is 6.07 Å². The van der Waals surface area contributed by atoms with Crippen molar-refractivity contribution in [3.05, 3.63) is 29.3 Å². The number of rotatable bonds is 3. The summed E-state index contributed by atoms with van der Waals surface area (Å²) in [6, 6.07) is 8.13. The van der Waals surface area contributed by atoms with E-state index in [-0.39, 0.29) is 0 Å². The molecule has 1 aromatic rings. The third kappa shape index (κ3) is 2.83. The Morgan fingerprint density at radius 1 is 1.44 bits per heavy atom. The van der Waals surface area contributed by atoms with Crippen molar-refractivity contribution in [3.63, 3.8) is 0 Å². The van der Waals surface area contributed by atoms with Crippen molar-refractivity contribution in [2.45, 2.75) is 32.3 Å². The number of hydrogen-bond donors (Lipinski definition) is 0. The van der Waals surface area contributed by atoms with Gasteiger partial charge in [0.25, 0.3) is 0 Å². The zero-order chi connectivity index (χ0) is 13.0. The molecule has 0 bridgehead atoms. The van der Waals surface area contributed by atoms with E-state index in [0.717, 1.165) is 36.4 Å². The Labute approximate surface area is 109 Å². The van der Waals surface area contributed by atoms with Gasteiger partial charge in [0, 0.05) is 20.2 Å². The fourth-order valence-corrected chi connectivity index (χ4v) is 2.60. The third-order valence-electron chi connectivity index (χ3n) is 3.49. The molecule has 1 heterocycles. The highest BCUT2D eigenvalue weighted by molar-refractivity contribution is 5.63. The zero-order valence-corrected chi connectivity index (χ0v) is 11.1. The molecule has 0 aliphatic carbocycles. The molecule has 96 valence electrons. The number of nitrogens with zero attached hydrogens (tertiary/aromatic N) is 2. The summed E-state index contributed by atoms with van der Waals surface area (Å²) in [5.74, 6) is 0. The van der Waals surface area contributed by atoms with Crippen LogP contribution in [0.25, 0.3) is 0 Å². The molecule has 1 aliphatic heterocycles. The summed E-state index contributed by atoms with van der Waals surface area (Å²) < 4.78 is 5.76. The zero-order valence-electron chi connectivity index (χ0n) is 11.1. The van der Waals surface area contributed by atoms with Crippen LogP contribution >= 0.6 is 0 Å². The van der Waals surface area contributed by atoms with E-state index in [9.17, 15) is 5.26 Å². The van der Waals surface area contributed by atoms with Crippen molar-refractivity contribution in [2.75, 3.05) is 25.1 Å². The van der Waals surface area contributed by atoms with E-state index in [4.69, 9.17) is 4.74 Å². The molecule has 1 saturated heterocycles. The quantitative estimate of drug-likeness (QED) is 0.820. The number of ether oxygens (including phenoxy) is 1. The molecule has 3 heteroatoms. The maximum Gasteiger partial charge on any atom is 0.101 e. The SMILES string of the molecule is Cc1cccc(C#N)c1N(C)CC1CCCCO1. The Morgan fingerprint density at radius 2 is 2.28 bits per heavy atom. The van der Waals surface area contributed by atoms with Gasteiger partial charge in [0.2, 0.25) is 0 Å². The number of nitriles is 1. The molecule has 0 N–H and O–H groups in total. The van der Waals surface area contributed by atoms with Crippen LogP contribution in [0.15, 0.2) is 18.2 Å². The molecule has 1 unspecified atom stereocenters. The summed E-state index contributed by atoms with van der Waals surface area (Å²) in [4.78, 5) is 2.16. The fourth-order valence-electron chi connectivity index (χ4n) is 2.60. The molecule has 0 spiro atoms. The number of aryl methyl sites for hydroxylation is 1. The second kappa shape index (κ2) is 5.88. The van der Waals surface area contributed by atoms with E-state index < -0.39 is 0 Å². The molecular formula is C15H20N2O. The standard InChI is InChI=1S/C15H20N2O/c1-12-6-5-7-13(10-16)15(12)17(2)11-14-8-3-4-9-18-14/h5-7,14H,3-4,8-9,11H2,1-2H3. The Hall–Kier alpha value is -1.53. The van der Waals surface area contributed by atoms with Gasteiger partial charge in [0.15, 0.2) is 0 Å². The Kier molecular flexibility index (Phi) is 4.22. The van der Waals surface area contributed by atoms with Gasteiger partial charge in [0.05, 0.1) is 17.4 Å². The average Bonchev–Trinajstić information content (AvgIpc) is 2.39. The van der Waals surface area contributed by atoms with E-state index in [1.807, 2.05) is 19.2 Å². The molecule has 18 heavy (non-hydrogen) atoms. The maximum absolute atomic E-state index is 9.19. The van der Waals surface area contributed by atoms with Crippen molar-refractivity contribution < 1.29 is 4.74 Å². The molecule has 1 aliphatic rings. The molecular weight excluding hydrogens is 224 g/mol. The highest BCUT2D eigenvalue weighted by atomic mass is 16.5. The summed E-state index contributed by atoms with van der Waals surface area (Å²) in [6.45, 7) is 3.78. The van der Waals surface area contributed by atoms with Gasteiger partial charge in [-0.05, 0) is 37.8 Å². The summed E-state index contributed by atoms with van der Waals surface area (Å²) >= 11 is 0. The van der Waals surface area contributed by atoms with Crippen LogP contribution in [0.2, 0.25) is 0 Å². The van der Waals surface area contributed by atoms with Crippen molar-refractivity contribution in [2.24, 2.45) is 0 Å². The topological polar surface area (TPSA) is 36.3 Å². The van der Waals surface area contributed by atoms with E-state index in [0.29, 0.717) is 6.10 Å². The van der Waals surface area contributed by atoms with Gasteiger partial charge >= 0.3 is 0 Å².